The molecule has 0 aliphatic heterocycles. The first-order valence-electron chi connectivity index (χ1n) is 10.2. The van der Waals surface area contributed by atoms with Crippen LogP contribution in [0.4, 0.5) is 0 Å². The summed E-state index contributed by atoms with van der Waals surface area (Å²) in [4.78, 5) is 0. The molecule has 2 nitrogen and oxygen atoms in total. The van der Waals surface area contributed by atoms with E-state index in [1.54, 1.807) is 0 Å². The molecule has 0 radical (unpaired) electrons. The fourth-order valence-corrected chi connectivity index (χ4v) is 3.83. The van der Waals surface area contributed by atoms with Crippen LogP contribution in [0.3, 0.4) is 0 Å². The van der Waals surface area contributed by atoms with Gasteiger partial charge < -0.3 is 0 Å². The first kappa shape index (κ1) is 19.2. The molecule has 1 heterocycles. The number of hydrogen-bond donors (Lipinski definition) is 0. The molecule has 0 atom stereocenters. The third-order valence-corrected chi connectivity index (χ3v) is 5.93. The average molecular weight is 381 g/mol. The molecule has 0 spiro atoms. The lowest BCUT2D eigenvalue weighted by Crippen LogP contribution is -2.00. The highest BCUT2D eigenvalue weighted by Gasteiger charge is 2.19. The van der Waals surface area contributed by atoms with Crippen LogP contribution in [-0.4, -0.2) is 9.78 Å². The van der Waals surface area contributed by atoms with Crippen LogP contribution in [0.25, 0.3) is 28.2 Å². The lowest BCUT2D eigenvalue weighted by atomic mass is 9.98. The maximum Gasteiger partial charge on any atom is 0.0963 e. The summed E-state index contributed by atoms with van der Waals surface area (Å²) in [5, 5.41) is 5.11. The van der Waals surface area contributed by atoms with E-state index in [2.05, 4.69) is 107 Å². The van der Waals surface area contributed by atoms with Gasteiger partial charge in [-0.1, -0.05) is 36.4 Å². The molecule has 4 rings (SSSR count). The highest BCUT2D eigenvalue weighted by atomic mass is 15.3. The third-order valence-electron chi connectivity index (χ3n) is 5.93. The van der Waals surface area contributed by atoms with Crippen LogP contribution >= 0.6 is 0 Å². The number of rotatable bonds is 3. The molecule has 4 aromatic rings. The molecule has 0 unspecified atom stereocenters. The summed E-state index contributed by atoms with van der Waals surface area (Å²) < 4.78 is 2.11. The Hall–Kier alpha value is -3.13. The van der Waals surface area contributed by atoms with Gasteiger partial charge in [-0.25, -0.2) is 4.68 Å². The van der Waals surface area contributed by atoms with Crippen LogP contribution < -0.4 is 0 Å². The van der Waals surface area contributed by atoms with Crippen molar-refractivity contribution in [1.29, 1.82) is 0 Å². The Morgan fingerprint density at radius 2 is 1.24 bits per heavy atom. The predicted octanol–water partition coefficient (Wildman–Crippen LogP) is 7.06. The van der Waals surface area contributed by atoms with Crippen LogP contribution in [0.1, 0.15) is 33.4 Å². The Balaban J connectivity index is 2.00. The van der Waals surface area contributed by atoms with Gasteiger partial charge >= 0.3 is 0 Å². The van der Waals surface area contributed by atoms with Crippen molar-refractivity contribution in [2.45, 2.75) is 41.5 Å². The minimum absolute atomic E-state index is 1.04. The number of aryl methyl sites for hydroxylation is 5. The van der Waals surface area contributed by atoms with Crippen molar-refractivity contribution in [2.24, 2.45) is 0 Å². The molecular weight excluding hydrogens is 352 g/mol. The Kier molecular flexibility index (Phi) is 4.87. The summed E-state index contributed by atoms with van der Waals surface area (Å²) in [5.41, 5.74) is 13.3. The van der Waals surface area contributed by atoms with E-state index >= 15 is 0 Å². The van der Waals surface area contributed by atoms with Crippen molar-refractivity contribution < 1.29 is 0 Å². The second-order valence-electron chi connectivity index (χ2n) is 8.17. The second kappa shape index (κ2) is 7.36. The number of hydrogen-bond acceptors (Lipinski definition) is 1. The van der Waals surface area contributed by atoms with Crippen LogP contribution in [0.15, 0.2) is 60.7 Å². The van der Waals surface area contributed by atoms with Crippen LogP contribution in [-0.2, 0) is 0 Å². The molecule has 0 aliphatic rings. The Morgan fingerprint density at radius 1 is 0.621 bits per heavy atom. The molecule has 146 valence electrons. The van der Waals surface area contributed by atoms with Crippen molar-refractivity contribution in [2.75, 3.05) is 0 Å². The lowest BCUT2D eigenvalue weighted by molar-refractivity contribution is 0.890. The molecule has 0 saturated carbocycles. The maximum absolute atomic E-state index is 5.11. The molecule has 0 fully saturated rings. The second-order valence-corrected chi connectivity index (χ2v) is 8.17. The van der Waals surface area contributed by atoms with Crippen LogP contribution in [0.2, 0.25) is 0 Å². The van der Waals surface area contributed by atoms with Crippen molar-refractivity contribution in [3.05, 3.63) is 94.0 Å². The van der Waals surface area contributed by atoms with Crippen molar-refractivity contribution >= 4 is 0 Å². The monoisotopic (exact) mass is 380 g/mol. The molecule has 29 heavy (non-hydrogen) atoms. The van der Waals surface area contributed by atoms with Gasteiger partial charge in [0.25, 0.3) is 0 Å². The zero-order chi connectivity index (χ0) is 20.7. The van der Waals surface area contributed by atoms with Gasteiger partial charge in [-0.15, -0.1) is 0 Å². The van der Waals surface area contributed by atoms with Gasteiger partial charge in [0.2, 0.25) is 0 Å². The summed E-state index contributed by atoms with van der Waals surface area (Å²) in [5.74, 6) is 0. The lowest BCUT2D eigenvalue weighted by Gasteiger charge is -2.11. The van der Waals surface area contributed by atoms with Gasteiger partial charge in [0.05, 0.1) is 17.1 Å². The Labute approximate surface area is 173 Å². The average Bonchev–Trinajstić information content (AvgIpc) is 3.03. The molecule has 2 heteroatoms. The first-order chi connectivity index (χ1) is 13.8. The summed E-state index contributed by atoms with van der Waals surface area (Å²) in [6.07, 6.45) is 0. The van der Waals surface area contributed by atoms with Gasteiger partial charge in [0.15, 0.2) is 0 Å². The van der Waals surface area contributed by atoms with Crippen molar-refractivity contribution in [3.8, 4) is 28.2 Å². The molecule has 0 bridgehead atoms. The minimum atomic E-state index is 1.04. The van der Waals surface area contributed by atoms with E-state index in [4.69, 9.17) is 5.10 Å². The largest absolute Gasteiger partial charge is 0.232 e. The van der Waals surface area contributed by atoms with E-state index in [1.807, 2.05) is 0 Å². The molecule has 0 amide bonds. The highest BCUT2D eigenvalue weighted by molar-refractivity contribution is 5.76. The van der Waals surface area contributed by atoms with E-state index in [0.717, 1.165) is 17.1 Å². The van der Waals surface area contributed by atoms with E-state index in [0.29, 0.717) is 0 Å². The molecule has 0 saturated heterocycles. The van der Waals surface area contributed by atoms with Crippen LogP contribution in [0.5, 0.6) is 0 Å². The summed E-state index contributed by atoms with van der Waals surface area (Å²) in [6.45, 7) is 13.0. The van der Waals surface area contributed by atoms with Gasteiger partial charge in [-0.05, 0) is 93.6 Å². The Morgan fingerprint density at radius 3 is 1.86 bits per heavy atom. The van der Waals surface area contributed by atoms with Gasteiger partial charge in [-0.3, -0.25) is 0 Å². The van der Waals surface area contributed by atoms with Gasteiger partial charge in [0, 0.05) is 16.7 Å². The van der Waals surface area contributed by atoms with E-state index in [9.17, 15) is 0 Å². The van der Waals surface area contributed by atoms with E-state index in [1.165, 1.54) is 44.5 Å². The Bertz CT molecular complexity index is 1210. The summed E-state index contributed by atoms with van der Waals surface area (Å²) >= 11 is 0. The molecule has 3 aromatic carbocycles. The maximum atomic E-state index is 5.11. The quantitative estimate of drug-likeness (QED) is 0.372. The first-order valence-corrected chi connectivity index (χ1v) is 10.2. The summed E-state index contributed by atoms with van der Waals surface area (Å²) in [6, 6.07) is 21.9. The van der Waals surface area contributed by atoms with Gasteiger partial charge in [0.1, 0.15) is 0 Å². The predicted molar refractivity (Wildman–Crippen MR) is 123 cm³/mol. The minimum Gasteiger partial charge on any atom is -0.232 e. The van der Waals surface area contributed by atoms with Crippen molar-refractivity contribution in [1.82, 2.24) is 9.78 Å². The topological polar surface area (TPSA) is 17.8 Å². The van der Waals surface area contributed by atoms with Crippen molar-refractivity contribution in [3.63, 3.8) is 0 Å². The third kappa shape index (κ3) is 3.51. The SMILES string of the molecule is Cc1cccc(-n2nc(-c3ccc(C)c(C)c3)c(C)c2-c2ccc(C)c(C)c2)c1. The number of benzene rings is 3. The number of nitrogens with zero attached hydrogens (tertiary/aromatic N) is 2. The fraction of sp³-hybridized carbons (Fsp3) is 0.222. The molecular formula is C27H28N2. The standard InChI is InChI=1S/C27H28N2/c1-17-8-7-9-25(14-17)29-27(24-13-11-19(3)21(5)16-24)22(6)26(28-29)23-12-10-18(2)20(4)15-23/h7-16H,1-6H3. The molecule has 0 aliphatic carbocycles. The van der Waals surface area contributed by atoms with Gasteiger partial charge in [-0.2, -0.15) is 5.10 Å². The summed E-state index contributed by atoms with van der Waals surface area (Å²) in [7, 11) is 0. The zero-order valence-corrected chi connectivity index (χ0v) is 18.2. The fourth-order valence-electron chi connectivity index (χ4n) is 3.83. The number of aromatic nitrogens is 2. The molecule has 1 aromatic heterocycles. The van der Waals surface area contributed by atoms with Crippen LogP contribution in [0, 0.1) is 41.5 Å². The zero-order valence-electron chi connectivity index (χ0n) is 18.2. The molecule has 0 N–H and O–H groups in total. The normalized spacial score (nSPS) is 11.1. The smallest absolute Gasteiger partial charge is 0.0963 e. The van der Waals surface area contributed by atoms with E-state index < -0.39 is 0 Å². The highest BCUT2D eigenvalue weighted by Crippen LogP contribution is 2.35. The van der Waals surface area contributed by atoms with E-state index in [-0.39, 0.29) is 0 Å².